The SMILES string of the molecule is O=C(c1ccc(Cl)cc1)C(Cl)(SN1CCSCC1)C(=O)c1ccc(Cl)cc1. The summed E-state index contributed by atoms with van der Waals surface area (Å²) in [7, 11) is 0. The number of carbonyl (C=O) groups excluding carboxylic acids is 2. The van der Waals surface area contributed by atoms with Crippen molar-refractivity contribution in [2.24, 2.45) is 0 Å². The van der Waals surface area contributed by atoms with Gasteiger partial charge in [0.1, 0.15) is 0 Å². The van der Waals surface area contributed by atoms with E-state index in [1.54, 1.807) is 48.5 Å². The molecule has 1 aliphatic rings. The Bertz CT molecular complexity index is 764. The van der Waals surface area contributed by atoms with Gasteiger partial charge in [0.15, 0.2) is 0 Å². The van der Waals surface area contributed by atoms with E-state index in [4.69, 9.17) is 34.8 Å². The summed E-state index contributed by atoms with van der Waals surface area (Å²) in [4.78, 5) is 26.5. The van der Waals surface area contributed by atoms with Crippen molar-refractivity contribution < 1.29 is 9.59 Å². The molecule has 3 rings (SSSR count). The van der Waals surface area contributed by atoms with E-state index < -0.39 is 15.8 Å². The zero-order chi connectivity index (χ0) is 19.4. The molecule has 2 aromatic rings. The number of halogens is 3. The number of rotatable bonds is 6. The first-order chi connectivity index (χ1) is 12.9. The van der Waals surface area contributed by atoms with Gasteiger partial charge in [-0.3, -0.25) is 9.59 Å². The molecule has 142 valence electrons. The van der Waals surface area contributed by atoms with E-state index in [9.17, 15) is 9.59 Å². The summed E-state index contributed by atoms with van der Waals surface area (Å²) in [5, 5.41) is 1.02. The molecule has 2 aromatic carbocycles. The molecule has 0 aromatic heterocycles. The van der Waals surface area contributed by atoms with Crippen molar-refractivity contribution in [1.29, 1.82) is 0 Å². The average molecular weight is 461 g/mol. The maximum Gasteiger partial charge on any atom is 0.229 e. The van der Waals surface area contributed by atoms with E-state index in [0.29, 0.717) is 21.2 Å². The van der Waals surface area contributed by atoms with Crippen LogP contribution in [0.15, 0.2) is 48.5 Å². The number of thioether (sulfide) groups is 1. The van der Waals surface area contributed by atoms with E-state index in [2.05, 4.69) is 0 Å². The molecule has 3 nitrogen and oxygen atoms in total. The Kier molecular flexibility index (Phi) is 7.17. The number of benzene rings is 2. The third kappa shape index (κ3) is 5.03. The number of ketones is 2. The molecule has 0 saturated carbocycles. The lowest BCUT2D eigenvalue weighted by Crippen LogP contribution is -2.43. The molecule has 1 saturated heterocycles. The summed E-state index contributed by atoms with van der Waals surface area (Å²) in [6, 6.07) is 12.8. The number of hydrogen-bond acceptors (Lipinski definition) is 5. The van der Waals surface area contributed by atoms with Crippen LogP contribution in [0.4, 0.5) is 0 Å². The molecule has 0 radical (unpaired) electrons. The fraction of sp³-hybridized carbons (Fsp3) is 0.263. The zero-order valence-corrected chi connectivity index (χ0v) is 18.1. The number of alkyl halides is 1. The minimum Gasteiger partial charge on any atom is -0.291 e. The van der Waals surface area contributed by atoms with Crippen LogP contribution in [0.5, 0.6) is 0 Å². The van der Waals surface area contributed by atoms with Crippen LogP contribution in [0.3, 0.4) is 0 Å². The Morgan fingerprint density at radius 1 is 0.852 bits per heavy atom. The van der Waals surface area contributed by atoms with Crippen molar-refractivity contribution in [1.82, 2.24) is 4.31 Å². The van der Waals surface area contributed by atoms with Crippen LogP contribution >= 0.6 is 58.5 Å². The van der Waals surface area contributed by atoms with Crippen molar-refractivity contribution >= 4 is 70.1 Å². The van der Waals surface area contributed by atoms with Crippen LogP contribution in [-0.4, -0.2) is 44.7 Å². The van der Waals surface area contributed by atoms with Crippen molar-refractivity contribution in [2.75, 3.05) is 24.6 Å². The fourth-order valence-electron chi connectivity index (χ4n) is 2.58. The maximum atomic E-state index is 13.3. The van der Waals surface area contributed by atoms with Crippen LogP contribution in [0, 0.1) is 0 Å². The standard InChI is InChI=1S/C19H16Cl3NO2S2/c20-15-5-1-13(2-6-15)17(24)19(22,27-23-9-11-26-12-10-23)18(25)14-3-7-16(21)8-4-14/h1-8H,9-12H2. The molecular weight excluding hydrogens is 445 g/mol. The van der Waals surface area contributed by atoms with Gasteiger partial charge in [-0.05, 0) is 60.5 Å². The van der Waals surface area contributed by atoms with Gasteiger partial charge >= 0.3 is 0 Å². The number of hydrogen-bond donors (Lipinski definition) is 0. The third-order valence-corrected chi connectivity index (χ3v) is 7.26. The zero-order valence-electron chi connectivity index (χ0n) is 14.2. The minimum atomic E-state index is -1.79. The Morgan fingerprint density at radius 2 is 1.26 bits per heavy atom. The Morgan fingerprint density at radius 3 is 1.67 bits per heavy atom. The van der Waals surface area contributed by atoms with Crippen LogP contribution < -0.4 is 0 Å². The molecule has 0 atom stereocenters. The highest BCUT2D eigenvalue weighted by Gasteiger charge is 2.47. The molecule has 0 spiro atoms. The lowest BCUT2D eigenvalue weighted by molar-refractivity contribution is 0.0881. The topological polar surface area (TPSA) is 37.4 Å². The van der Waals surface area contributed by atoms with Gasteiger partial charge in [0.25, 0.3) is 0 Å². The first kappa shape index (κ1) is 21.0. The molecule has 0 amide bonds. The number of carbonyl (C=O) groups is 2. The normalized spacial score (nSPS) is 15.5. The van der Waals surface area contributed by atoms with Gasteiger partial charge in [-0.25, -0.2) is 4.31 Å². The molecule has 0 N–H and O–H groups in total. The molecule has 0 aliphatic carbocycles. The summed E-state index contributed by atoms with van der Waals surface area (Å²) in [5.74, 6) is 0.960. The summed E-state index contributed by atoms with van der Waals surface area (Å²) in [6.07, 6.45) is 0. The first-order valence-electron chi connectivity index (χ1n) is 8.21. The smallest absolute Gasteiger partial charge is 0.229 e. The quantitative estimate of drug-likeness (QED) is 0.239. The molecule has 1 aliphatic heterocycles. The van der Waals surface area contributed by atoms with Gasteiger partial charge in [-0.1, -0.05) is 34.8 Å². The van der Waals surface area contributed by atoms with Crippen LogP contribution in [0.1, 0.15) is 20.7 Å². The van der Waals surface area contributed by atoms with Crippen molar-refractivity contribution in [3.05, 3.63) is 69.7 Å². The highest BCUT2D eigenvalue weighted by Crippen LogP contribution is 2.40. The average Bonchev–Trinajstić information content (AvgIpc) is 2.69. The molecule has 8 heteroatoms. The van der Waals surface area contributed by atoms with E-state index in [1.165, 1.54) is 0 Å². The van der Waals surface area contributed by atoms with Crippen LogP contribution in [-0.2, 0) is 0 Å². The number of Topliss-reactive ketones (excluding diaryl/α,β-unsaturated/α-hetero) is 2. The molecule has 27 heavy (non-hydrogen) atoms. The van der Waals surface area contributed by atoms with Gasteiger partial charge in [0.05, 0.1) is 0 Å². The molecule has 0 unspecified atom stereocenters. The highest BCUT2D eigenvalue weighted by atomic mass is 35.5. The molecule has 0 bridgehead atoms. The van der Waals surface area contributed by atoms with E-state index in [1.807, 2.05) is 16.1 Å². The van der Waals surface area contributed by atoms with Gasteiger partial charge in [0.2, 0.25) is 15.8 Å². The Hall–Kier alpha value is -0.690. The first-order valence-corrected chi connectivity index (χ1v) is 11.3. The van der Waals surface area contributed by atoms with Crippen molar-refractivity contribution in [2.45, 2.75) is 4.21 Å². The van der Waals surface area contributed by atoms with Crippen molar-refractivity contribution in [3.63, 3.8) is 0 Å². The second-order valence-corrected chi connectivity index (χ2v) is 10.1. The lowest BCUT2D eigenvalue weighted by Gasteiger charge is -2.32. The number of nitrogens with zero attached hydrogens (tertiary/aromatic N) is 1. The van der Waals surface area contributed by atoms with E-state index in [-0.39, 0.29) is 0 Å². The monoisotopic (exact) mass is 459 g/mol. The largest absolute Gasteiger partial charge is 0.291 e. The summed E-state index contributed by atoms with van der Waals surface area (Å²) in [6.45, 7) is 1.51. The fourth-order valence-corrected chi connectivity index (χ4v) is 5.60. The summed E-state index contributed by atoms with van der Waals surface area (Å²) < 4.78 is 0.203. The van der Waals surface area contributed by atoms with Crippen molar-refractivity contribution in [3.8, 4) is 0 Å². The second kappa shape index (κ2) is 9.21. The van der Waals surface area contributed by atoms with Gasteiger partial charge < -0.3 is 0 Å². The van der Waals surface area contributed by atoms with E-state index >= 15 is 0 Å². The predicted octanol–water partition coefficient (Wildman–Crippen LogP) is 5.69. The van der Waals surface area contributed by atoms with Crippen LogP contribution in [0.2, 0.25) is 10.0 Å². The second-order valence-electron chi connectivity index (χ2n) is 5.90. The maximum absolute atomic E-state index is 13.3. The van der Waals surface area contributed by atoms with Crippen LogP contribution in [0.25, 0.3) is 0 Å². The summed E-state index contributed by atoms with van der Waals surface area (Å²) >= 11 is 21.6. The predicted molar refractivity (Wildman–Crippen MR) is 117 cm³/mol. The molecule has 1 heterocycles. The van der Waals surface area contributed by atoms with Gasteiger partial charge in [-0.2, -0.15) is 11.8 Å². The Labute approximate surface area is 181 Å². The minimum absolute atomic E-state index is 0.343. The Balaban J connectivity index is 1.96. The third-order valence-electron chi connectivity index (χ3n) is 4.02. The van der Waals surface area contributed by atoms with Gasteiger partial charge in [0, 0.05) is 45.8 Å². The lowest BCUT2D eigenvalue weighted by atomic mass is 10.0. The van der Waals surface area contributed by atoms with E-state index in [0.717, 1.165) is 36.5 Å². The van der Waals surface area contributed by atoms with Gasteiger partial charge in [-0.15, -0.1) is 0 Å². The molecular formula is C19H16Cl3NO2S2. The summed E-state index contributed by atoms with van der Waals surface area (Å²) in [5.41, 5.74) is 0.686. The molecule has 1 fully saturated rings. The highest BCUT2D eigenvalue weighted by molar-refractivity contribution is 8.02.